The number of nitrogens with zero attached hydrogens (tertiary/aromatic N) is 7. The lowest BCUT2D eigenvalue weighted by Crippen LogP contribution is -2.20. The molecule has 2 aliphatic rings. The van der Waals surface area contributed by atoms with Crippen LogP contribution < -0.4 is 4.84 Å². The Balaban J connectivity index is 1.43. The van der Waals surface area contributed by atoms with Gasteiger partial charge >= 0.3 is 0 Å². The molecule has 1 N–H and O–H groups in total. The van der Waals surface area contributed by atoms with Gasteiger partial charge in [-0.25, -0.2) is 29.9 Å². The first kappa shape index (κ1) is 29.2. The lowest BCUT2D eigenvalue weighted by molar-refractivity contribution is 0.0894. The van der Waals surface area contributed by atoms with E-state index >= 15 is 0 Å². The first-order valence-corrected chi connectivity index (χ1v) is 17.1. The minimum atomic E-state index is 0.397. The van der Waals surface area contributed by atoms with E-state index < -0.39 is 0 Å². The summed E-state index contributed by atoms with van der Waals surface area (Å²) in [7, 11) is 0. The third-order valence-corrected chi connectivity index (χ3v) is 9.55. The summed E-state index contributed by atoms with van der Waals surface area (Å²) in [6.07, 6.45) is 4.43. The number of fused-ring (bicyclic) bond motifs is 20. The van der Waals surface area contributed by atoms with Crippen molar-refractivity contribution in [2.75, 3.05) is 6.61 Å². The molecule has 1 unspecified atom stereocenters. The maximum atomic E-state index is 6.77. The van der Waals surface area contributed by atoms with Gasteiger partial charge in [0.05, 0.1) is 0 Å². The molecule has 9 heteroatoms. The minimum absolute atomic E-state index is 0.397. The van der Waals surface area contributed by atoms with Gasteiger partial charge in [0.2, 0.25) is 0 Å². The monoisotopic (exact) mass is 642 g/mol. The molecule has 3 aromatic heterocycles. The van der Waals surface area contributed by atoms with E-state index in [1.165, 1.54) is 0 Å². The molecule has 0 saturated carbocycles. The summed E-state index contributed by atoms with van der Waals surface area (Å²) in [4.78, 5) is 41.1. The fraction of sp³-hybridized carbons (Fsp3) is 0.200. The van der Waals surface area contributed by atoms with Gasteiger partial charge in [0.1, 0.15) is 17.9 Å². The lowest BCUT2D eigenvalue weighted by atomic mass is 10.0. The highest BCUT2D eigenvalue weighted by atomic mass is 16.7. The van der Waals surface area contributed by atoms with Gasteiger partial charge < -0.3 is 9.82 Å². The van der Waals surface area contributed by atoms with Crippen LogP contribution in [0.1, 0.15) is 39.5 Å². The Hall–Kier alpha value is -5.96. The minimum Gasteiger partial charge on any atom is -0.410 e. The van der Waals surface area contributed by atoms with Gasteiger partial charge in [-0.2, -0.15) is 0 Å². The van der Waals surface area contributed by atoms with E-state index in [1.807, 2.05) is 84.9 Å². The Bertz CT molecular complexity index is 2410. The third kappa shape index (κ3) is 4.92. The predicted octanol–water partition coefficient (Wildman–Crippen LogP) is 8.99. The van der Waals surface area contributed by atoms with Gasteiger partial charge in [-0.3, -0.25) is 0 Å². The molecule has 7 aromatic rings. The maximum absolute atomic E-state index is 6.77. The van der Waals surface area contributed by atoms with Crippen molar-refractivity contribution in [2.45, 2.75) is 39.5 Å². The highest BCUT2D eigenvalue weighted by Gasteiger charge is 2.24. The maximum Gasteiger partial charge on any atom is 0.180 e. The predicted molar refractivity (Wildman–Crippen MR) is 194 cm³/mol. The van der Waals surface area contributed by atoms with Crippen LogP contribution in [0.3, 0.4) is 0 Å². The van der Waals surface area contributed by atoms with Crippen molar-refractivity contribution in [1.29, 1.82) is 0 Å². The van der Waals surface area contributed by atoms with Crippen molar-refractivity contribution in [3.05, 3.63) is 97.1 Å². The van der Waals surface area contributed by atoms with E-state index in [-0.39, 0.29) is 0 Å². The van der Waals surface area contributed by atoms with Crippen LogP contribution >= 0.6 is 0 Å². The van der Waals surface area contributed by atoms with E-state index in [2.05, 4.69) is 31.0 Å². The average molecular weight is 643 g/mol. The summed E-state index contributed by atoms with van der Waals surface area (Å²) in [5, 5.41) is 3.72. The molecule has 0 amide bonds. The van der Waals surface area contributed by atoms with Crippen LogP contribution in [-0.2, 0) is 0 Å². The number of aromatic amines is 1. The van der Waals surface area contributed by atoms with Crippen LogP contribution in [0.5, 0.6) is 0 Å². The largest absolute Gasteiger partial charge is 0.410 e. The molecular formula is C40H34N8O. The Labute approximate surface area is 282 Å². The van der Waals surface area contributed by atoms with Crippen molar-refractivity contribution in [2.24, 2.45) is 5.92 Å². The second kappa shape index (κ2) is 11.9. The van der Waals surface area contributed by atoms with Crippen molar-refractivity contribution in [3.8, 4) is 45.6 Å². The summed E-state index contributed by atoms with van der Waals surface area (Å²) < 4.78 is 1.80. The number of nitrogens with one attached hydrogen (secondary N) is 1. The Kier molecular flexibility index (Phi) is 7.11. The van der Waals surface area contributed by atoms with Gasteiger partial charge in [-0.15, -0.1) is 4.73 Å². The zero-order chi connectivity index (χ0) is 32.9. The fourth-order valence-electron chi connectivity index (χ4n) is 6.86. The number of benzene rings is 4. The number of unbranched alkanes of at least 4 members (excludes halogenated alkanes) is 1. The first-order valence-electron chi connectivity index (χ1n) is 17.1. The van der Waals surface area contributed by atoms with Crippen molar-refractivity contribution >= 4 is 44.1 Å². The second-order valence-electron chi connectivity index (χ2n) is 12.6. The molecule has 2 aliphatic heterocycles. The SMILES string of the molecule is CCCCC(CC)COn1c2nc3nc(nc4[nH]c(nc5nc(nc1c1ccccc12)-c1ccccc1-5)c1ccccc41)-c1ccccc1-3. The Morgan fingerprint density at radius 1 is 0.551 bits per heavy atom. The highest BCUT2D eigenvalue weighted by molar-refractivity contribution is 6.06. The van der Waals surface area contributed by atoms with Gasteiger partial charge in [0.15, 0.2) is 34.6 Å². The Morgan fingerprint density at radius 3 is 1.43 bits per heavy atom. The summed E-state index contributed by atoms with van der Waals surface area (Å²) in [6, 6.07) is 32.5. The molecule has 9 nitrogen and oxygen atoms in total. The lowest BCUT2D eigenvalue weighted by Gasteiger charge is -2.16. The molecule has 240 valence electrons. The van der Waals surface area contributed by atoms with E-state index in [1.54, 1.807) is 4.73 Å². The van der Waals surface area contributed by atoms with Gasteiger partial charge in [0, 0.05) is 43.8 Å². The van der Waals surface area contributed by atoms with Gasteiger partial charge in [-0.1, -0.05) is 124 Å². The van der Waals surface area contributed by atoms with E-state index in [9.17, 15) is 0 Å². The van der Waals surface area contributed by atoms with Gasteiger partial charge in [0.25, 0.3) is 0 Å². The standard InChI is InChI=1S/C40H34N8O/c1-3-5-14-24(4-2)23-49-48-39-31-21-12-13-22-32(31)40(48)47-38-30-20-11-9-18-28(30)36(45-38)43-34-26-16-7-6-15-25(26)33(41-34)42-35-27-17-8-10-19-29(27)37(44-35)46-39/h6-13,15-22,24H,3-5,14,23H2,1-2H3,(H,41,42,43,44,45,46,47). The van der Waals surface area contributed by atoms with Gasteiger partial charge in [-0.05, 0) is 18.8 Å². The number of hydrogen-bond donors (Lipinski definition) is 1. The first-order chi connectivity index (χ1) is 24.2. The summed E-state index contributed by atoms with van der Waals surface area (Å²) in [5.74, 6) is 2.70. The summed E-state index contributed by atoms with van der Waals surface area (Å²) in [6.45, 7) is 4.99. The quantitative estimate of drug-likeness (QED) is 0.185. The zero-order valence-electron chi connectivity index (χ0n) is 27.4. The van der Waals surface area contributed by atoms with Crippen LogP contribution in [-0.4, -0.2) is 46.2 Å². The molecule has 0 saturated heterocycles. The molecule has 9 rings (SSSR count). The van der Waals surface area contributed by atoms with E-state index in [0.717, 1.165) is 69.5 Å². The van der Waals surface area contributed by atoms with Crippen LogP contribution in [0.4, 0.5) is 0 Å². The van der Waals surface area contributed by atoms with E-state index in [0.29, 0.717) is 58.4 Å². The van der Waals surface area contributed by atoms with E-state index in [4.69, 9.17) is 34.7 Å². The van der Waals surface area contributed by atoms with Crippen molar-refractivity contribution in [3.63, 3.8) is 0 Å². The van der Waals surface area contributed by atoms with Crippen LogP contribution in [0.2, 0.25) is 0 Å². The highest BCUT2D eigenvalue weighted by Crippen LogP contribution is 2.37. The molecule has 0 spiro atoms. The smallest absolute Gasteiger partial charge is 0.180 e. The number of hydrogen-bond acceptors (Lipinski definition) is 7. The topological polar surface area (TPSA) is 107 Å². The molecule has 49 heavy (non-hydrogen) atoms. The summed E-state index contributed by atoms with van der Waals surface area (Å²) >= 11 is 0. The molecule has 5 heterocycles. The summed E-state index contributed by atoms with van der Waals surface area (Å²) in [5.41, 5.74) is 6.25. The Morgan fingerprint density at radius 2 is 0.980 bits per heavy atom. The second-order valence-corrected chi connectivity index (χ2v) is 12.6. The van der Waals surface area contributed by atoms with Crippen molar-refractivity contribution < 1.29 is 4.84 Å². The molecule has 1 atom stereocenters. The molecular weight excluding hydrogens is 608 g/mol. The van der Waals surface area contributed by atoms with Crippen LogP contribution in [0, 0.1) is 5.92 Å². The molecule has 4 aromatic carbocycles. The van der Waals surface area contributed by atoms with Crippen molar-refractivity contribution in [1.82, 2.24) is 39.6 Å². The molecule has 0 fully saturated rings. The third-order valence-electron chi connectivity index (χ3n) is 9.55. The number of rotatable bonds is 7. The fourth-order valence-corrected chi connectivity index (χ4v) is 6.86. The average Bonchev–Trinajstić information content (AvgIpc) is 3.86. The number of aromatic nitrogens is 8. The number of H-pyrrole nitrogens is 1. The van der Waals surface area contributed by atoms with Crippen LogP contribution in [0.25, 0.3) is 89.7 Å². The normalized spacial score (nSPS) is 12.6. The zero-order valence-corrected chi connectivity index (χ0v) is 27.4. The molecule has 0 radical (unpaired) electrons. The molecule has 8 bridgehead atoms. The molecule has 0 aliphatic carbocycles. The van der Waals surface area contributed by atoms with Crippen LogP contribution in [0.15, 0.2) is 97.1 Å².